The van der Waals surface area contributed by atoms with Gasteiger partial charge < -0.3 is 14.6 Å². The molecular weight excluding hydrogens is 290 g/mol. The lowest BCUT2D eigenvalue weighted by Crippen LogP contribution is -2.41. The monoisotopic (exact) mass is 319 g/mol. The minimum atomic E-state index is -0.425. The first-order valence-corrected chi connectivity index (χ1v) is 8.95. The van der Waals surface area contributed by atoms with Crippen LogP contribution in [-0.2, 0) is 4.74 Å². The first-order valence-electron chi connectivity index (χ1n) is 8.95. The molecule has 0 bridgehead atoms. The summed E-state index contributed by atoms with van der Waals surface area (Å²) in [6.07, 6.45) is 9.05. The molecule has 1 saturated heterocycles. The minimum absolute atomic E-state index is 0.193. The summed E-state index contributed by atoms with van der Waals surface area (Å²) in [6.45, 7) is 7.22. The highest BCUT2D eigenvalue weighted by atomic mass is 16.6. The zero-order valence-electron chi connectivity index (χ0n) is 14.6. The van der Waals surface area contributed by atoms with Crippen LogP contribution in [0.4, 0.5) is 4.79 Å². The molecule has 0 spiro atoms. The Hall–Kier alpha value is -1.52. The second-order valence-corrected chi connectivity index (χ2v) is 7.93. The average molecular weight is 319 g/mol. The fourth-order valence-corrected chi connectivity index (χ4v) is 3.65. The van der Waals surface area contributed by atoms with Gasteiger partial charge in [-0.2, -0.15) is 0 Å². The van der Waals surface area contributed by atoms with E-state index in [2.05, 4.69) is 11.2 Å². The third-order valence-corrected chi connectivity index (χ3v) is 4.92. The number of H-pyrrole nitrogens is 1. The highest BCUT2D eigenvalue weighted by Crippen LogP contribution is 2.34. The zero-order chi connectivity index (χ0) is 16.4. The number of piperidine rings is 1. The molecule has 23 heavy (non-hydrogen) atoms. The molecule has 128 valence electrons. The van der Waals surface area contributed by atoms with Crippen LogP contribution in [0.15, 0.2) is 6.20 Å². The van der Waals surface area contributed by atoms with Crippen LogP contribution < -0.4 is 0 Å². The van der Waals surface area contributed by atoms with E-state index < -0.39 is 5.60 Å². The first-order chi connectivity index (χ1) is 10.9. The van der Waals surface area contributed by atoms with Crippen molar-refractivity contribution >= 4 is 6.09 Å². The van der Waals surface area contributed by atoms with Crippen molar-refractivity contribution in [1.29, 1.82) is 0 Å². The summed E-state index contributed by atoms with van der Waals surface area (Å²) in [7, 11) is 0. The Morgan fingerprint density at radius 1 is 1.17 bits per heavy atom. The predicted octanol–water partition coefficient (Wildman–Crippen LogP) is 4.18. The van der Waals surface area contributed by atoms with Gasteiger partial charge in [0.1, 0.15) is 11.4 Å². The van der Waals surface area contributed by atoms with E-state index in [1.54, 1.807) is 0 Å². The van der Waals surface area contributed by atoms with E-state index in [1.807, 2.05) is 25.7 Å². The normalized spacial score (nSPS) is 20.9. The maximum absolute atomic E-state index is 12.1. The molecule has 1 aliphatic heterocycles. The number of carbonyl (C=O) groups excluding carboxylic acids is 1. The molecule has 1 aliphatic carbocycles. The number of amides is 1. The van der Waals surface area contributed by atoms with Gasteiger partial charge in [-0.1, -0.05) is 12.8 Å². The summed E-state index contributed by atoms with van der Waals surface area (Å²) in [5.74, 6) is 2.20. The number of aromatic amines is 1. The molecule has 1 aromatic rings. The number of hydrogen-bond acceptors (Lipinski definition) is 3. The topological polar surface area (TPSA) is 58.2 Å². The van der Waals surface area contributed by atoms with Crippen molar-refractivity contribution < 1.29 is 9.53 Å². The van der Waals surface area contributed by atoms with E-state index in [9.17, 15) is 4.79 Å². The van der Waals surface area contributed by atoms with Gasteiger partial charge in [0.15, 0.2) is 0 Å². The molecule has 0 unspecified atom stereocenters. The van der Waals surface area contributed by atoms with Crippen molar-refractivity contribution in [1.82, 2.24) is 14.9 Å². The molecule has 1 N–H and O–H groups in total. The van der Waals surface area contributed by atoms with Gasteiger partial charge in [-0.05, 0) is 46.5 Å². The maximum atomic E-state index is 12.1. The second-order valence-electron chi connectivity index (χ2n) is 7.93. The van der Waals surface area contributed by atoms with Gasteiger partial charge in [0.2, 0.25) is 0 Å². The Balaban J connectivity index is 1.53. The maximum Gasteiger partial charge on any atom is 0.410 e. The number of nitrogens with zero attached hydrogens (tertiary/aromatic N) is 2. The SMILES string of the molecule is CC(C)(C)OC(=O)N1CCC(c2nc(C3CCCC3)c[nH]2)CC1. The summed E-state index contributed by atoms with van der Waals surface area (Å²) in [5, 5.41) is 0. The van der Waals surface area contributed by atoms with Gasteiger partial charge >= 0.3 is 6.09 Å². The number of nitrogens with one attached hydrogen (secondary N) is 1. The molecule has 0 atom stereocenters. The zero-order valence-corrected chi connectivity index (χ0v) is 14.6. The Morgan fingerprint density at radius 3 is 2.43 bits per heavy atom. The molecular formula is C18H29N3O2. The summed E-state index contributed by atoms with van der Waals surface area (Å²) in [4.78, 5) is 22.2. The number of imidazole rings is 1. The van der Waals surface area contributed by atoms with Crippen molar-refractivity contribution in [3.63, 3.8) is 0 Å². The molecule has 1 aromatic heterocycles. The largest absolute Gasteiger partial charge is 0.444 e. The van der Waals surface area contributed by atoms with Crippen molar-refractivity contribution in [2.24, 2.45) is 0 Å². The van der Waals surface area contributed by atoms with E-state index in [1.165, 1.54) is 31.4 Å². The number of rotatable bonds is 2. The lowest BCUT2D eigenvalue weighted by Gasteiger charge is -2.32. The Kier molecular flexibility index (Phi) is 4.64. The standard InChI is InChI=1S/C18H29N3O2/c1-18(2,3)23-17(22)21-10-8-14(9-11-21)16-19-12-15(20-16)13-6-4-5-7-13/h12-14H,4-11H2,1-3H3,(H,19,20). The van der Waals surface area contributed by atoms with Gasteiger partial charge in [0, 0.05) is 31.1 Å². The van der Waals surface area contributed by atoms with Crippen molar-refractivity contribution in [3.8, 4) is 0 Å². The van der Waals surface area contributed by atoms with Crippen molar-refractivity contribution in [2.45, 2.75) is 76.7 Å². The first kappa shape index (κ1) is 16.3. The van der Waals surface area contributed by atoms with Crippen molar-refractivity contribution in [2.75, 3.05) is 13.1 Å². The number of likely N-dealkylation sites (tertiary alicyclic amines) is 1. The lowest BCUT2D eigenvalue weighted by molar-refractivity contribution is 0.0203. The van der Waals surface area contributed by atoms with E-state index in [-0.39, 0.29) is 6.09 Å². The van der Waals surface area contributed by atoms with E-state index in [0.29, 0.717) is 11.8 Å². The molecule has 1 amide bonds. The van der Waals surface area contributed by atoms with Crippen LogP contribution >= 0.6 is 0 Å². The fourth-order valence-electron chi connectivity index (χ4n) is 3.65. The molecule has 0 radical (unpaired) electrons. The fraction of sp³-hybridized carbons (Fsp3) is 0.778. The van der Waals surface area contributed by atoms with Crippen LogP contribution in [-0.4, -0.2) is 39.7 Å². The van der Waals surface area contributed by atoms with E-state index in [4.69, 9.17) is 9.72 Å². The molecule has 0 aromatic carbocycles. The Labute approximate surface area is 138 Å². The van der Waals surface area contributed by atoms with Gasteiger partial charge in [0.05, 0.1) is 5.69 Å². The number of aromatic nitrogens is 2. The number of carbonyl (C=O) groups is 1. The molecule has 1 saturated carbocycles. The predicted molar refractivity (Wildman–Crippen MR) is 89.6 cm³/mol. The Morgan fingerprint density at radius 2 is 1.83 bits per heavy atom. The quantitative estimate of drug-likeness (QED) is 0.889. The number of ether oxygens (including phenoxy) is 1. The molecule has 2 fully saturated rings. The van der Waals surface area contributed by atoms with E-state index >= 15 is 0 Å². The van der Waals surface area contributed by atoms with Gasteiger partial charge in [-0.15, -0.1) is 0 Å². The third kappa shape index (κ3) is 4.06. The molecule has 2 aliphatic rings. The minimum Gasteiger partial charge on any atom is -0.444 e. The molecule has 3 rings (SSSR count). The van der Waals surface area contributed by atoms with Crippen LogP contribution in [0.1, 0.15) is 82.7 Å². The smallest absolute Gasteiger partial charge is 0.410 e. The van der Waals surface area contributed by atoms with Crippen LogP contribution in [0.5, 0.6) is 0 Å². The van der Waals surface area contributed by atoms with Gasteiger partial charge in [0.25, 0.3) is 0 Å². The van der Waals surface area contributed by atoms with Crippen LogP contribution in [0.2, 0.25) is 0 Å². The lowest BCUT2D eigenvalue weighted by atomic mass is 9.96. The number of hydrogen-bond donors (Lipinski definition) is 1. The van der Waals surface area contributed by atoms with Crippen molar-refractivity contribution in [3.05, 3.63) is 17.7 Å². The van der Waals surface area contributed by atoms with E-state index in [0.717, 1.165) is 31.8 Å². The van der Waals surface area contributed by atoms with Crippen LogP contribution in [0.3, 0.4) is 0 Å². The van der Waals surface area contributed by atoms with Crippen LogP contribution in [0.25, 0.3) is 0 Å². The molecule has 5 heteroatoms. The average Bonchev–Trinajstić information content (AvgIpc) is 3.17. The summed E-state index contributed by atoms with van der Waals surface area (Å²) in [6, 6.07) is 0. The second kappa shape index (κ2) is 6.54. The highest BCUT2D eigenvalue weighted by molar-refractivity contribution is 5.68. The van der Waals surface area contributed by atoms with Gasteiger partial charge in [-0.3, -0.25) is 0 Å². The highest BCUT2D eigenvalue weighted by Gasteiger charge is 2.29. The Bertz CT molecular complexity index is 533. The third-order valence-electron chi connectivity index (χ3n) is 4.92. The molecule has 5 nitrogen and oxygen atoms in total. The summed E-state index contributed by atoms with van der Waals surface area (Å²) in [5.41, 5.74) is 0.817. The summed E-state index contributed by atoms with van der Waals surface area (Å²) < 4.78 is 5.45. The summed E-state index contributed by atoms with van der Waals surface area (Å²) >= 11 is 0. The van der Waals surface area contributed by atoms with Crippen LogP contribution in [0, 0.1) is 0 Å². The van der Waals surface area contributed by atoms with Gasteiger partial charge in [-0.25, -0.2) is 9.78 Å². The molecule has 2 heterocycles.